The Morgan fingerprint density at radius 3 is 2.85 bits per heavy atom. The van der Waals surface area contributed by atoms with Crippen LogP contribution in [0, 0.1) is 0 Å². The van der Waals surface area contributed by atoms with E-state index in [9.17, 15) is 0 Å². The number of anilines is 2. The van der Waals surface area contributed by atoms with Crippen LogP contribution in [0.15, 0.2) is 52.1 Å². The first-order valence-corrected chi connectivity index (χ1v) is 8.88. The molecule has 1 aromatic carbocycles. The third kappa shape index (κ3) is 3.44. The molecule has 0 aliphatic rings. The van der Waals surface area contributed by atoms with Gasteiger partial charge in [0.25, 0.3) is 5.89 Å². The minimum Gasteiger partial charge on any atom is -0.497 e. The van der Waals surface area contributed by atoms with E-state index in [1.165, 1.54) is 6.33 Å². The lowest BCUT2D eigenvalue weighted by Gasteiger charge is -2.13. The van der Waals surface area contributed by atoms with E-state index in [1.54, 1.807) is 37.8 Å². The molecule has 27 heavy (non-hydrogen) atoms. The first kappa shape index (κ1) is 17.0. The summed E-state index contributed by atoms with van der Waals surface area (Å²) in [6.07, 6.45) is 3.06. The molecule has 9 heteroatoms. The zero-order valence-corrected chi connectivity index (χ0v) is 15.4. The Labute approximate surface area is 158 Å². The molecule has 4 aromatic rings. The van der Waals surface area contributed by atoms with Crippen molar-refractivity contribution in [1.82, 2.24) is 20.1 Å². The maximum Gasteiger partial charge on any atom is 0.263 e. The molecule has 0 spiro atoms. The summed E-state index contributed by atoms with van der Waals surface area (Å²) in [6, 6.07) is 7.38. The number of hydrogen-bond donors (Lipinski definition) is 1. The third-order valence-corrected chi connectivity index (χ3v) is 4.49. The number of hydrogen-bond acceptors (Lipinski definition) is 9. The van der Waals surface area contributed by atoms with Crippen LogP contribution in [-0.2, 0) is 0 Å². The second-order valence-corrected chi connectivity index (χ2v) is 6.19. The van der Waals surface area contributed by atoms with Crippen molar-refractivity contribution in [1.29, 1.82) is 0 Å². The molecule has 1 N–H and O–H groups in total. The first-order valence-electron chi connectivity index (χ1n) is 7.94. The Kier molecular flexibility index (Phi) is 4.67. The molecule has 0 bridgehead atoms. The summed E-state index contributed by atoms with van der Waals surface area (Å²) >= 11 is 1.57. The molecule has 0 saturated heterocycles. The largest absolute Gasteiger partial charge is 0.497 e. The molecule has 0 unspecified atom stereocenters. The van der Waals surface area contributed by atoms with Crippen LogP contribution in [0.3, 0.4) is 0 Å². The number of aromatic nitrogens is 4. The Hall–Kier alpha value is -3.46. The molecular formula is C18H15N5O3S. The maximum absolute atomic E-state index is 5.42. The van der Waals surface area contributed by atoms with Gasteiger partial charge in [-0.15, -0.1) is 0 Å². The van der Waals surface area contributed by atoms with E-state index in [0.29, 0.717) is 34.6 Å². The van der Waals surface area contributed by atoms with Gasteiger partial charge in [0, 0.05) is 23.2 Å². The second kappa shape index (κ2) is 7.42. The number of rotatable bonds is 6. The fourth-order valence-electron chi connectivity index (χ4n) is 2.46. The number of thiophene rings is 1. The minimum atomic E-state index is 0.326. The average Bonchev–Trinajstić information content (AvgIpc) is 3.40. The van der Waals surface area contributed by atoms with Crippen molar-refractivity contribution < 1.29 is 14.0 Å². The van der Waals surface area contributed by atoms with E-state index in [4.69, 9.17) is 14.0 Å². The molecule has 3 aromatic heterocycles. The topological polar surface area (TPSA) is 95.2 Å². The van der Waals surface area contributed by atoms with Crippen molar-refractivity contribution in [2.75, 3.05) is 19.5 Å². The molecule has 0 radical (unpaired) electrons. The lowest BCUT2D eigenvalue weighted by molar-refractivity contribution is 0.395. The van der Waals surface area contributed by atoms with Crippen molar-refractivity contribution in [3.63, 3.8) is 0 Å². The van der Waals surface area contributed by atoms with Crippen molar-refractivity contribution >= 4 is 22.8 Å². The molecule has 0 aliphatic carbocycles. The van der Waals surface area contributed by atoms with E-state index in [2.05, 4.69) is 25.4 Å². The third-order valence-electron chi connectivity index (χ3n) is 3.81. The molecule has 0 aliphatic heterocycles. The highest BCUT2D eigenvalue weighted by molar-refractivity contribution is 7.08. The van der Waals surface area contributed by atoms with Crippen LogP contribution in [-0.4, -0.2) is 34.3 Å². The number of benzene rings is 1. The van der Waals surface area contributed by atoms with E-state index in [1.807, 2.05) is 29.0 Å². The summed E-state index contributed by atoms with van der Waals surface area (Å²) in [6.45, 7) is 0. The molecule has 8 nitrogen and oxygen atoms in total. The smallest absolute Gasteiger partial charge is 0.263 e. The van der Waals surface area contributed by atoms with E-state index in [-0.39, 0.29) is 0 Å². The van der Waals surface area contributed by atoms with Gasteiger partial charge >= 0.3 is 0 Å². The second-order valence-electron chi connectivity index (χ2n) is 5.41. The van der Waals surface area contributed by atoms with E-state index in [0.717, 1.165) is 11.3 Å². The minimum absolute atomic E-state index is 0.326. The Morgan fingerprint density at radius 1 is 1.15 bits per heavy atom. The SMILES string of the molecule is COc1ccc(Nc2ncncc2-c2nc(-c3ccsc3)no2)c(OC)c1. The fourth-order valence-corrected chi connectivity index (χ4v) is 3.09. The van der Waals surface area contributed by atoms with Crippen LogP contribution in [0.25, 0.3) is 22.8 Å². The predicted octanol–water partition coefficient (Wildman–Crippen LogP) is 4.02. The zero-order valence-electron chi connectivity index (χ0n) is 14.5. The van der Waals surface area contributed by atoms with Gasteiger partial charge in [0.2, 0.25) is 5.82 Å². The van der Waals surface area contributed by atoms with Gasteiger partial charge in [-0.1, -0.05) is 5.16 Å². The highest BCUT2D eigenvalue weighted by Crippen LogP contribution is 2.34. The monoisotopic (exact) mass is 381 g/mol. The number of ether oxygens (including phenoxy) is 2. The summed E-state index contributed by atoms with van der Waals surface area (Å²) < 4.78 is 16.1. The summed E-state index contributed by atoms with van der Waals surface area (Å²) in [5.41, 5.74) is 2.21. The Morgan fingerprint density at radius 2 is 2.07 bits per heavy atom. The fraction of sp³-hybridized carbons (Fsp3) is 0.111. The summed E-state index contributed by atoms with van der Waals surface area (Å²) in [7, 11) is 3.19. The van der Waals surface area contributed by atoms with Crippen molar-refractivity contribution in [3.05, 3.63) is 47.5 Å². The molecule has 136 valence electrons. The first-order chi connectivity index (χ1) is 13.3. The highest BCUT2D eigenvalue weighted by Gasteiger charge is 2.17. The molecule has 0 fully saturated rings. The quantitative estimate of drug-likeness (QED) is 0.535. The van der Waals surface area contributed by atoms with Crippen LogP contribution < -0.4 is 14.8 Å². The predicted molar refractivity (Wildman–Crippen MR) is 101 cm³/mol. The number of nitrogens with zero attached hydrogens (tertiary/aromatic N) is 4. The standard InChI is InChI=1S/C18H15N5O3S/c1-24-12-3-4-14(15(7-12)25-2)21-17-13(8-19-10-20-17)18-22-16(23-26-18)11-5-6-27-9-11/h3-10H,1-2H3,(H,19,20,21). The molecule has 0 atom stereocenters. The maximum atomic E-state index is 5.42. The highest BCUT2D eigenvalue weighted by atomic mass is 32.1. The Balaban J connectivity index is 1.68. The number of methoxy groups -OCH3 is 2. The average molecular weight is 381 g/mol. The molecule has 4 rings (SSSR count). The zero-order chi connectivity index (χ0) is 18.6. The van der Waals surface area contributed by atoms with E-state index >= 15 is 0 Å². The van der Waals surface area contributed by atoms with Crippen LogP contribution >= 0.6 is 11.3 Å². The van der Waals surface area contributed by atoms with Gasteiger partial charge in [0.05, 0.1) is 19.9 Å². The van der Waals surface area contributed by atoms with Crippen molar-refractivity contribution in [2.45, 2.75) is 0 Å². The molecule has 0 saturated carbocycles. The van der Waals surface area contributed by atoms with Crippen molar-refractivity contribution in [2.24, 2.45) is 0 Å². The normalized spacial score (nSPS) is 10.6. The van der Waals surface area contributed by atoms with Crippen LogP contribution in [0.2, 0.25) is 0 Å². The van der Waals surface area contributed by atoms with Gasteiger partial charge in [-0.2, -0.15) is 16.3 Å². The van der Waals surface area contributed by atoms with Crippen molar-refractivity contribution in [3.8, 4) is 34.3 Å². The van der Waals surface area contributed by atoms with Gasteiger partial charge in [-0.3, -0.25) is 0 Å². The summed E-state index contributed by atoms with van der Waals surface area (Å²) in [5.74, 6) is 2.67. The van der Waals surface area contributed by atoms with Crippen LogP contribution in [0.4, 0.5) is 11.5 Å². The van der Waals surface area contributed by atoms with Gasteiger partial charge in [0.1, 0.15) is 29.2 Å². The van der Waals surface area contributed by atoms with Gasteiger partial charge < -0.3 is 19.3 Å². The number of nitrogens with one attached hydrogen (secondary N) is 1. The summed E-state index contributed by atoms with van der Waals surface area (Å²) in [5, 5.41) is 11.2. The Bertz CT molecular complexity index is 1050. The van der Waals surface area contributed by atoms with Gasteiger partial charge in [0.15, 0.2) is 0 Å². The molecular weight excluding hydrogens is 366 g/mol. The van der Waals surface area contributed by atoms with Crippen LogP contribution in [0.1, 0.15) is 0 Å². The van der Waals surface area contributed by atoms with E-state index < -0.39 is 0 Å². The lowest BCUT2D eigenvalue weighted by Crippen LogP contribution is -2.00. The molecule has 0 amide bonds. The van der Waals surface area contributed by atoms with Crippen LogP contribution in [0.5, 0.6) is 11.5 Å². The lowest BCUT2D eigenvalue weighted by atomic mass is 10.2. The summed E-state index contributed by atoms with van der Waals surface area (Å²) in [4.78, 5) is 12.8. The molecule has 3 heterocycles. The van der Waals surface area contributed by atoms with Gasteiger partial charge in [-0.25, -0.2) is 9.97 Å². The van der Waals surface area contributed by atoms with Gasteiger partial charge in [-0.05, 0) is 23.6 Å².